The number of ether oxygens (including phenoxy) is 1. The Kier molecular flexibility index (Phi) is 7.12. The lowest BCUT2D eigenvalue weighted by Gasteiger charge is -2.33. The molecule has 1 atom stereocenters. The van der Waals surface area contributed by atoms with Gasteiger partial charge in [-0.05, 0) is 45.0 Å². The molecule has 2 aromatic rings. The van der Waals surface area contributed by atoms with Crippen molar-refractivity contribution < 1.29 is 9.53 Å². The summed E-state index contributed by atoms with van der Waals surface area (Å²) in [6, 6.07) is 4.05. The lowest BCUT2D eigenvalue weighted by atomic mass is 10.1. The van der Waals surface area contributed by atoms with Gasteiger partial charge in [0.1, 0.15) is 6.10 Å². The van der Waals surface area contributed by atoms with E-state index in [0.717, 1.165) is 29.8 Å². The molecule has 2 aliphatic heterocycles. The van der Waals surface area contributed by atoms with Gasteiger partial charge in [0.25, 0.3) is 0 Å². The van der Waals surface area contributed by atoms with Crippen molar-refractivity contribution >= 4 is 5.91 Å². The van der Waals surface area contributed by atoms with Crippen molar-refractivity contribution in [1.29, 1.82) is 0 Å². The molecule has 1 amide bonds. The first-order chi connectivity index (χ1) is 14.7. The summed E-state index contributed by atoms with van der Waals surface area (Å²) in [7, 11) is 1.90. The molecule has 1 unspecified atom stereocenters. The van der Waals surface area contributed by atoms with Crippen molar-refractivity contribution in [2.75, 3.05) is 39.3 Å². The minimum Gasteiger partial charge on any atom is -0.368 e. The van der Waals surface area contributed by atoms with Crippen LogP contribution in [0.25, 0.3) is 11.1 Å². The van der Waals surface area contributed by atoms with Crippen molar-refractivity contribution in [3.05, 3.63) is 36.4 Å². The van der Waals surface area contributed by atoms with Crippen LogP contribution >= 0.6 is 0 Å². The Morgan fingerprint density at radius 3 is 2.63 bits per heavy atom. The van der Waals surface area contributed by atoms with Gasteiger partial charge in [-0.2, -0.15) is 5.10 Å². The number of carbonyl (C=O) groups excluding carboxylic acids is 1. The zero-order valence-corrected chi connectivity index (χ0v) is 18.0. The van der Waals surface area contributed by atoms with Gasteiger partial charge >= 0.3 is 0 Å². The highest BCUT2D eigenvalue weighted by molar-refractivity contribution is 5.76. The molecule has 0 aliphatic carbocycles. The van der Waals surface area contributed by atoms with Crippen LogP contribution in [0.15, 0.2) is 30.7 Å². The van der Waals surface area contributed by atoms with E-state index in [1.54, 1.807) is 4.68 Å². The van der Waals surface area contributed by atoms with Gasteiger partial charge in [0.05, 0.1) is 25.0 Å². The molecule has 0 saturated carbocycles. The first kappa shape index (κ1) is 21.0. The largest absolute Gasteiger partial charge is 0.368 e. The third kappa shape index (κ3) is 5.46. The predicted molar refractivity (Wildman–Crippen MR) is 116 cm³/mol. The quantitative estimate of drug-likeness (QED) is 0.731. The zero-order valence-electron chi connectivity index (χ0n) is 18.0. The molecule has 0 radical (unpaired) electrons. The monoisotopic (exact) mass is 411 g/mol. The standard InChI is InChI=1S/C23H33N5O2/c1-26-17-20(16-25-26)19-8-9-21(24-15-19)22-18-28(13-14-30-22)23(29)7-6-12-27-10-4-2-3-5-11-27/h8-9,15-17,22H,2-7,10-14,18H2,1H3. The van der Waals surface area contributed by atoms with Gasteiger partial charge in [-0.15, -0.1) is 0 Å². The summed E-state index contributed by atoms with van der Waals surface area (Å²) in [4.78, 5) is 21.8. The van der Waals surface area contributed by atoms with Gasteiger partial charge in [0.2, 0.25) is 5.91 Å². The van der Waals surface area contributed by atoms with Crippen LogP contribution in [0.5, 0.6) is 0 Å². The molecule has 0 aromatic carbocycles. The Hall–Kier alpha value is -2.25. The van der Waals surface area contributed by atoms with E-state index >= 15 is 0 Å². The van der Waals surface area contributed by atoms with Crippen molar-refractivity contribution in [2.24, 2.45) is 7.05 Å². The number of amides is 1. The second-order valence-electron chi connectivity index (χ2n) is 8.43. The van der Waals surface area contributed by atoms with Crippen LogP contribution in [-0.4, -0.2) is 69.8 Å². The highest BCUT2D eigenvalue weighted by Gasteiger charge is 2.26. The van der Waals surface area contributed by atoms with Crippen molar-refractivity contribution in [3.63, 3.8) is 0 Å². The Morgan fingerprint density at radius 1 is 1.10 bits per heavy atom. The highest BCUT2D eigenvalue weighted by Crippen LogP contribution is 2.24. The van der Waals surface area contributed by atoms with E-state index < -0.39 is 0 Å². The summed E-state index contributed by atoms with van der Waals surface area (Å²) >= 11 is 0. The third-order valence-corrected chi connectivity index (χ3v) is 6.14. The maximum Gasteiger partial charge on any atom is 0.222 e. The van der Waals surface area contributed by atoms with Gasteiger partial charge in [-0.1, -0.05) is 18.9 Å². The minimum absolute atomic E-state index is 0.156. The van der Waals surface area contributed by atoms with E-state index in [4.69, 9.17) is 4.74 Å². The average molecular weight is 412 g/mol. The molecule has 0 bridgehead atoms. The van der Waals surface area contributed by atoms with Crippen LogP contribution in [0.4, 0.5) is 0 Å². The van der Waals surface area contributed by atoms with Gasteiger partial charge in [0.15, 0.2) is 0 Å². The first-order valence-corrected chi connectivity index (χ1v) is 11.3. The SMILES string of the molecule is Cn1cc(-c2ccc(C3CN(C(=O)CCCN4CCCCCC4)CCO3)nc2)cn1. The van der Waals surface area contributed by atoms with Crippen molar-refractivity contribution in [3.8, 4) is 11.1 Å². The Labute approximate surface area is 179 Å². The van der Waals surface area contributed by atoms with E-state index in [1.807, 2.05) is 42.7 Å². The second kappa shape index (κ2) is 10.2. The number of hydrogen-bond acceptors (Lipinski definition) is 5. The topological polar surface area (TPSA) is 63.5 Å². The number of aryl methyl sites for hydroxylation is 1. The molecular weight excluding hydrogens is 378 g/mol. The molecule has 7 nitrogen and oxygen atoms in total. The van der Waals surface area contributed by atoms with Gasteiger partial charge in [-0.3, -0.25) is 14.5 Å². The number of carbonyl (C=O) groups is 1. The number of likely N-dealkylation sites (tertiary alicyclic amines) is 1. The van der Waals surface area contributed by atoms with Crippen molar-refractivity contribution in [1.82, 2.24) is 24.6 Å². The maximum atomic E-state index is 12.7. The van der Waals surface area contributed by atoms with Gasteiger partial charge in [-0.25, -0.2) is 0 Å². The Balaban J connectivity index is 1.27. The molecule has 2 saturated heterocycles. The number of aromatic nitrogens is 3. The molecule has 7 heteroatoms. The normalized spacial score (nSPS) is 20.8. The van der Waals surface area contributed by atoms with Crippen LogP contribution in [0.2, 0.25) is 0 Å². The molecule has 2 fully saturated rings. The zero-order chi connectivity index (χ0) is 20.8. The summed E-state index contributed by atoms with van der Waals surface area (Å²) in [5.41, 5.74) is 2.95. The van der Waals surface area contributed by atoms with E-state index in [0.29, 0.717) is 26.1 Å². The van der Waals surface area contributed by atoms with E-state index in [2.05, 4.69) is 15.0 Å². The van der Waals surface area contributed by atoms with Crippen LogP contribution in [0.1, 0.15) is 50.3 Å². The maximum absolute atomic E-state index is 12.7. The lowest BCUT2D eigenvalue weighted by molar-refractivity contribution is -0.139. The van der Waals surface area contributed by atoms with Gasteiger partial charge < -0.3 is 14.5 Å². The number of pyridine rings is 1. The minimum atomic E-state index is -0.156. The molecule has 162 valence electrons. The fourth-order valence-corrected chi connectivity index (χ4v) is 4.36. The fraction of sp³-hybridized carbons (Fsp3) is 0.609. The van der Waals surface area contributed by atoms with Crippen molar-refractivity contribution in [2.45, 2.75) is 44.6 Å². The first-order valence-electron chi connectivity index (χ1n) is 11.3. The van der Waals surface area contributed by atoms with E-state index in [9.17, 15) is 4.79 Å². The van der Waals surface area contributed by atoms with E-state index in [1.165, 1.54) is 38.8 Å². The molecule has 4 rings (SSSR count). The number of nitrogens with zero attached hydrogens (tertiary/aromatic N) is 5. The molecule has 2 aliphatic rings. The molecule has 0 spiro atoms. The predicted octanol–water partition coefficient (Wildman–Crippen LogP) is 3.04. The molecule has 4 heterocycles. The summed E-state index contributed by atoms with van der Waals surface area (Å²) < 4.78 is 7.71. The number of morpholine rings is 1. The lowest BCUT2D eigenvalue weighted by Crippen LogP contribution is -2.42. The smallest absolute Gasteiger partial charge is 0.222 e. The fourth-order valence-electron chi connectivity index (χ4n) is 4.36. The number of hydrogen-bond donors (Lipinski definition) is 0. The van der Waals surface area contributed by atoms with Crippen LogP contribution in [0.3, 0.4) is 0 Å². The van der Waals surface area contributed by atoms with E-state index in [-0.39, 0.29) is 12.0 Å². The third-order valence-electron chi connectivity index (χ3n) is 6.14. The molecule has 2 aromatic heterocycles. The van der Waals surface area contributed by atoms with Crippen LogP contribution < -0.4 is 0 Å². The average Bonchev–Trinajstić information content (AvgIpc) is 3.05. The Bertz CT molecular complexity index is 811. The van der Waals surface area contributed by atoms with Crippen LogP contribution in [0, 0.1) is 0 Å². The second-order valence-corrected chi connectivity index (χ2v) is 8.43. The highest BCUT2D eigenvalue weighted by atomic mass is 16.5. The summed E-state index contributed by atoms with van der Waals surface area (Å²) in [5, 5.41) is 4.21. The van der Waals surface area contributed by atoms with Gasteiger partial charge in [0, 0.05) is 43.5 Å². The molecule has 30 heavy (non-hydrogen) atoms. The summed E-state index contributed by atoms with van der Waals surface area (Å²) in [6.45, 7) is 5.24. The number of rotatable bonds is 6. The van der Waals surface area contributed by atoms with Crippen LogP contribution in [-0.2, 0) is 16.6 Å². The molecular formula is C23H33N5O2. The summed E-state index contributed by atoms with van der Waals surface area (Å²) in [5.74, 6) is 0.241. The summed E-state index contributed by atoms with van der Waals surface area (Å²) in [6.07, 6.45) is 12.4. The Morgan fingerprint density at radius 2 is 1.93 bits per heavy atom. The molecule has 0 N–H and O–H groups in total.